The van der Waals surface area contributed by atoms with Crippen LogP contribution < -0.4 is 0 Å². The van der Waals surface area contributed by atoms with Crippen molar-refractivity contribution in [1.29, 1.82) is 0 Å². The predicted molar refractivity (Wildman–Crippen MR) is 68.8 cm³/mol. The van der Waals surface area contributed by atoms with E-state index in [0.717, 1.165) is 44.6 Å². The molecule has 0 aromatic carbocycles. The van der Waals surface area contributed by atoms with Gasteiger partial charge in [0.25, 0.3) is 0 Å². The molecule has 1 saturated heterocycles. The van der Waals surface area contributed by atoms with Gasteiger partial charge in [-0.1, -0.05) is 13.0 Å². The molecule has 4 nitrogen and oxygen atoms in total. The van der Waals surface area contributed by atoms with E-state index >= 15 is 0 Å². The lowest BCUT2D eigenvalue weighted by Crippen LogP contribution is -2.36. The summed E-state index contributed by atoms with van der Waals surface area (Å²) in [6.45, 7) is 8.29. The maximum Gasteiger partial charge on any atom is 0.249 e. The molecule has 0 aromatic heterocycles. The van der Waals surface area contributed by atoms with Gasteiger partial charge in [-0.05, 0) is 26.3 Å². The molecule has 0 bridgehead atoms. The molecule has 1 aliphatic heterocycles. The van der Waals surface area contributed by atoms with Crippen molar-refractivity contribution in [3.8, 4) is 0 Å². The monoisotopic (exact) mass is 240 g/mol. The van der Waals surface area contributed by atoms with Crippen molar-refractivity contribution in [2.45, 2.75) is 26.7 Å². The van der Waals surface area contributed by atoms with Crippen LogP contribution in [0.3, 0.4) is 0 Å². The maximum absolute atomic E-state index is 12.1. The van der Waals surface area contributed by atoms with Gasteiger partial charge in [0.05, 0.1) is 6.61 Å². The smallest absolute Gasteiger partial charge is 0.249 e. The number of aliphatic hydroxyl groups excluding tert-OH is 1. The van der Waals surface area contributed by atoms with Gasteiger partial charge in [0.1, 0.15) is 0 Å². The van der Waals surface area contributed by atoms with E-state index in [-0.39, 0.29) is 12.5 Å². The first-order valence-corrected chi connectivity index (χ1v) is 6.48. The van der Waals surface area contributed by atoms with Crippen molar-refractivity contribution < 1.29 is 9.90 Å². The van der Waals surface area contributed by atoms with E-state index < -0.39 is 0 Å². The van der Waals surface area contributed by atoms with Crippen LogP contribution in [0.4, 0.5) is 0 Å². The summed E-state index contributed by atoms with van der Waals surface area (Å²) in [7, 11) is 0. The minimum atomic E-state index is 0.165. The van der Waals surface area contributed by atoms with Gasteiger partial charge in [-0.3, -0.25) is 9.69 Å². The van der Waals surface area contributed by atoms with E-state index in [4.69, 9.17) is 5.11 Å². The Kier molecular flexibility index (Phi) is 6.22. The van der Waals surface area contributed by atoms with E-state index in [0.29, 0.717) is 6.54 Å². The minimum Gasteiger partial charge on any atom is -0.395 e. The van der Waals surface area contributed by atoms with Crippen LogP contribution in [0.15, 0.2) is 11.6 Å². The Balaban J connectivity index is 2.51. The Morgan fingerprint density at radius 3 is 2.71 bits per heavy atom. The first-order valence-electron chi connectivity index (χ1n) is 6.48. The summed E-state index contributed by atoms with van der Waals surface area (Å²) in [6.07, 6.45) is 3.88. The van der Waals surface area contributed by atoms with Gasteiger partial charge < -0.3 is 10.0 Å². The molecule has 17 heavy (non-hydrogen) atoms. The van der Waals surface area contributed by atoms with Crippen LogP contribution in [-0.2, 0) is 4.79 Å². The number of aliphatic hydroxyl groups is 1. The van der Waals surface area contributed by atoms with Crippen LogP contribution in [0, 0.1) is 0 Å². The fraction of sp³-hybridized carbons (Fsp3) is 0.769. The van der Waals surface area contributed by atoms with E-state index in [2.05, 4.69) is 4.90 Å². The summed E-state index contributed by atoms with van der Waals surface area (Å²) in [5.41, 5.74) is 0.850. The molecule has 0 atom stereocenters. The first kappa shape index (κ1) is 14.2. The zero-order chi connectivity index (χ0) is 12.7. The molecule has 0 unspecified atom stereocenters. The summed E-state index contributed by atoms with van der Waals surface area (Å²) in [5.74, 6) is 0.165. The molecular weight excluding hydrogens is 216 g/mol. The van der Waals surface area contributed by atoms with E-state index in [9.17, 15) is 4.79 Å². The Bertz CT molecular complexity index is 277. The van der Waals surface area contributed by atoms with Crippen LogP contribution in [0.2, 0.25) is 0 Å². The molecule has 1 N–H and O–H groups in total. The lowest BCUT2D eigenvalue weighted by molar-refractivity contribution is -0.127. The van der Waals surface area contributed by atoms with E-state index in [1.807, 2.05) is 24.8 Å². The predicted octanol–water partition coefficient (Wildman–Crippen LogP) is 0.869. The third kappa shape index (κ3) is 4.48. The quantitative estimate of drug-likeness (QED) is 0.742. The van der Waals surface area contributed by atoms with E-state index in [1.54, 1.807) is 0 Å². The molecule has 1 fully saturated rings. The fourth-order valence-electron chi connectivity index (χ4n) is 2.18. The van der Waals surface area contributed by atoms with Crippen LogP contribution in [0.1, 0.15) is 26.7 Å². The number of hydrogen-bond acceptors (Lipinski definition) is 3. The average Bonchev–Trinajstić information content (AvgIpc) is 2.54. The van der Waals surface area contributed by atoms with Crippen LogP contribution in [0.5, 0.6) is 0 Å². The second-order valence-corrected chi connectivity index (χ2v) is 4.51. The van der Waals surface area contributed by atoms with Gasteiger partial charge in [0.15, 0.2) is 0 Å². The molecule has 0 spiro atoms. The standard InChI is InChI=1S/C13H24N2O2/c1-3-5-12(2)13(17)15-7-4-6-14(8-9-15)10-11-16/h5,16H,3-4,6-11H2,1-2H3/b12-5-. The zero-order valence-corrected chi connectivity index (χ0v) is 11.0. The van der Waals surface area contributed by atoms with Crippen molar-refractivity contribution in [3.05, 3.63) is 11.6 Å². The third-order valence-electron chi connectivity index (χ3n) is 3.14. The topological polar surface area (TPSA) is 43.8 Å². The molecule has 0 aliphatic carbocycles. The van der Waals surface area contributed by atoms with Gasteiger partial charge >= 0.3 is 0 Å². The molecule has 1 rings (SSSR count). The van der Waals surface area contributed by atoms with Crippen LogP contribution in [-0.4, -0.2) is 60.1 Å². The number of β-amino-alcohol motifs (C(OH)–C–C–N with tert-alkyl or cyclic N) is 1. The number of carbonyl (C=O) groups excluding carboxylic acids is 1. The third-order valence-corrected chi connectivity index (χ3v) is 3.14. The highest BCUT2D eigenvalue weighted by Crippen LogP contribution is 2.08. The molecular formula is C13H24N2O2. The maximum atomic E-state index is 12.1. The van der Waals surface area contributed by atoms with Gasteiger partial charge in [0.2, 0.25) is 5.91 Å². The lowest BCUT2D eigenvalue weighted by atomic mass is 10.2. The molecule has 1 heterocycles. The summed E-state index contributed by atoms with van der Waals surface area (Å²) < 4.78 is 0. The summed E-state index contributed by atoms with van der Waals surface area (Å²) in [6, 6.07) is 0. The Morgan fingerprint density at radius 1 is 1.29 bits per heavy atom. The number of allylic oxidation sites excluding steroid dienone is 1. The molecule has 0 saturated carbocycles. The highest BCUT2D eigenvalue weighted by atomic mass is 16.3. The molecule has 0 radical (unpaired) electrons. The van der Waals surface area contributed by atoms with Crippen LogP contribution >= 0.6 is 0 Å². The zero-order valence-electron chi connectivity index (χ0n) is 11.0. The minimum absolute atomic E-state index is 0.165. The number of carbonyl (C=O) groups is 1. The van der Waals surface area contributed by atoms with Crippen molar-refractivity contribution in [2.75, 3.05) is 39.3 Å². The fourth-order valence-corrected chi connectivity index (χ4v) is 2.18. The molecule has 0 aromatic rings. The molecule has 98 valence electrons. The molecule has 4 heteroatoms. The van der Waals surface area contributed by atoms with E-state index in [1.165, 1.54) is 0 Å². The summed E-state index contributed by atoms with van der Waals surface area (Å²) in [5, 5.41) is 8.91. The van der Waals surface area contributed by atoms with Gasteiger partial charge in [-0.15, -0.1) is 0 Å². The van der Waals surface area contributed by atoms with Gasteiger partial charge in [-0.2, -0.15) is 0 Å². The van der Waals surface area contributed by atoms with Crippen molar-refractivity contribution >= 4 is 5.91 Å². The molecule has 1 aliphatic rings. The van der Waals surface area contributed by atoms with Crippen LogP contribution in [0.25, 0.3) is 0 Å². The van der Waals surface area contributed by atoms with Crippen molar-refractivity contribution in [3.63, 3.8) is 0 Å². The first-order chi connectivity index (χ1) is 8.19. The SMILES string of the molecule is CC/C=C(/C)C(=O)N1CCCN(CCO)CC1. The number of rotatable bonds is 4. The highest BCUT2D eigenvalue weighted by Gasteiger charge is 2.19. The summed E-state index contributed by atoms with van der Waals surface area (Å²) in [4.78, 5) is 16.2. The summed E-state index contributed by atoms with van der Waals surface area (Å²) >= 11 is 0. The Labute approximate surface area is 104 Å². The molecule has 1 amide bonds. The van der Waals surface area contributed by atoms with Gasteiger partial charge in [0, 0.05) is 31.8 Å². The van der Waals surface area contributed by atoms with Crippen molar-refractivity contribution in [1.82, 2.24) is 9.80 Å². The number of amides is 1. The number of nitrogens with zero attached hydrogens (tertiary/aromatic N) is 2. The lowest BCUT2D eigenvalue weighted by Gasteiger charge is -2.21. The Hall–Kier alpha value is -0.870. The number of hydrogen-bond donors (Lipinski definition) is 1. The van der Waals surface area contributed by atoms with Crippen molar-refractivity contribution in [2.24, 2.45) is 0 Å². The normalized spacial score (nSPS) is 19.2. The second kappa shape index (κ2) is 7.45. The largest absolute Gasteiger partial charge is 0.395 e. The Morgan fingerprint density at radius 2 is 2.06 bits per heavy atom. The van der Waals surface area contributed by atoms with Gasteiger partial charge in [-0.25, -0.2) is 0 Å². The second-order valence-electron chi connectivity index (χ2n) is 4.51. The average molecular weight is 240 g/mol. The highest BCUT2D eigenvalue weighted by molar-refractivity contribution is 5.92.